The fraction of sp³-hybridized carbons (Fsp3) is 0.350. The zero-order chi connectivity index (χ0) is 21.7. The van der Waals surface area contributed by atoms with Crippen LogP contribution in [0.2, 0.25) is 0 Å². The first kappa shape index (κ1) is 21.7. The van der Waals surface area contributed by atoms with Crippen molar-refractivity contribution in [3.63, 3.8) is 0 Å². The molecule has 30 heavy (non-hydrogen) atoms. The summed E-state index contributed by atoms with van der Waals surface area (Å²) in [6, 6.07) is 8.97. The number of rotatable bonds is 7. The van der Waals surface area contributed by atoms with Crippen LogP contribution < -0.4 is 10.9 Å². The van der Waals surface area contributed by atoms with E-state index in [-0.39, 0.29) is 18.0 Å². The predicted octanol–water partition coefficient (Wildman–Crippen LogP) is 0.736. The second kappa shape index (κ2) is 9.23. The summed E-state index contributed by atoms with van der Waals surface area (Å²) in [7, 11) is -2.38. The number of benzene rings is 1. The van der Waals surface area contributed by atoms with Gasteiger partial charge in [0, 0.05) is 31.9 Å². The molecule has 1 aliphatic rings. The highest BCUT2D eigenvalue weighted by molar-refractivity contribution is 7.89. The number of aromatic nitrogens is 1. The summed E-state index contributed by atoms with van der Waals surface area (Å²) in [6.45, 7) is 0.802. The first-order chi connectivity index (χ1) is 14.3. The van der Waals surface area contributed by atoms with Gasteiger partial charge in [0.25, 0.3) is 5.56 Å². The minimum Gasteiger partial charge on any atom is -0.465 e. The van der Waals surface area contributed by atoms with Gasteiger partial charge in [-0.05, 0) is 36.6 Å². The molecule has 1 fully saturated rings. The predicted molar refractivity (Wildman–Crippen MR) is 108 cm³/mol. The number of carbonyl (C=O) groups excluding carboxylic acids is 2. The minimum absolute atomic E-state index is 0.00445. The molecular weight excluding hydrogens is 410 g/mol. The largest absolute Gasteiger partial charge is 0.465 e. The molecule has 1 aliphatic heterocycles. The molecule has 2 heterocycles. The lowest BCUT2D eigenvalue weighted by atomic mass is 10.1. The number of esters is 1. The Bertz CT molecular complexity index is 1090. The maximum atomic E-state index is 12.7. The van der Waals surface area contributed by atoms with Gasteiger partial charge in [0.1, 0.15) is 6.54 Å². The Labute approximate surface area is 174 Å². The van der Waals surface area contributed by atoms with Gasteiger partial charge in [-0.3, -0.25) is 9.59 Å². The Morgan fingerprint density at radius 1 is 1.07 bits per heavy atom. The number of nitrogens with one attached hydrogen (secondary N) is 1. The van der Waals surface area contributed by atoms with Crippen molar-refractivity contribution in [3.8, 4) is 0 Å². The summed E-state index contributed by atoms with van der Waals surface area (Å²) < 4.78 is 32.4. The van der Waals surface area contributed by atoms with Crippen molar-refractivity contribution in [1.82, 2.24) is 14.2 Å². The third-order valence-electron chi connectivity index (χ3n) is 4.84. The van der Waals surface area contributed by atoms with E-state index >= 15 is 0 Å². The number of hydrogen-bond acceptors (Lipinski definition) is 6. The summed E-state index contributed by atoms with van der Waals surface area (Å²) in [6.07, 6.45) is 2.82. The van der Waals surface area contributed by atoms with Gasteiger partial charge < -0.3 is 14.6 Å². The molecule has 3 rings (SSSR count). The third kappa shape index (κ3) is 4.95. The van der Waals surface area contributed by atoms with E-state index in [2.05, 4.69) is 10.1 Å². The minimum atomic E-state index is -3.68. The second-order valence-corrected chi connectivity index (χ2v) is 8.85. The maximum absolute atomic E-state index is 12.7. The first-order valence-electron chi connectivity index (χ1n) is 9.46. The van der Waals surface area contributed by atoms with Crippen LogP contribution in [0.4, 0.5) is 0 Å². The average Bonchev–Trinajstić information content (AvgIpc) is 3.29. The summed E-state index contributed by atoms with van der Waals surface area (Å²) in [5.74, 6) is -0.890. The molecule has 0 unspecified atom stereocenters. The van der Waals surface area contributed by atoms with Crippen LogP contribution in [-0.4, -0.2) is 49.4 Å². The van der Waals surface area contributed by atoms with Gasteiger partial charge in [-0.15, -0.1) is 0 Å². The van der Waals surface area contributed by atoms with Crippen molar-refractivity contribution in [2.75, 3.05) is 20.2 Å². The molecule has 2 aromatic rings. The van der Waals surface area contributed by atoms with Crippen molar-refractivity contribution in [3.05, 3.63) is 64.1 Å². The first-order valence-corrected chi connectivity index (χ1v) is 10.9. The van der Waals surface area contributed by atoms with Crippen LogP contribution >= 0.6 is 0 Å². The zero-order valence-electron chi connectivity index (χ0n) is 16.5. The van der Waals surface area contributed by atoms with Crippen LogP contribution in [0, 0.1) is 0 Å². The molecule has 9 nitrogen and oxygen atoms in total. The normalized spacial score (nSPS) is 14.4. The van der Waals surface area contributed by atoms with Crippen molar-refractivity contribution < 1.29 is 22.7 Å². The van der Waals surface area contributed by atoms with E-state index in [0.29, 0.717) is 18.7 Å². The highest BCUT2D eigenvalue weighted by atomic mass is 32.2. The molecule has 1 saturated heterocycles. The molecule has 0 atom stereocenters. The van der Waals surface area contributed by atoms with E-state index in [9.17, 15) is 22.8 Å². The van der Waals surface area contributed by atoms with Crippen molar-refractivity contribution >= 4 is 21.9 Å². The van der Waals surface area contributed by atoms with E-state index in [1.807, 2.05) is 0 Å². The lowest BCUT2D eigenvalue weighted by Gasteiger charge is -2.16. The Balaban J connectivity index is 1.65. The molecule has 0 saturated carbocycles. The standard InChI is InChI=1S/C20H23N3O6S/c1-29-20(26)16-6-4-15(5-7-16)12-21-18(24)14-22-13-17(8-9-19(22)25)30(27,28)23-10-2-3-11-23/h4-9,13H,2-3,10-12,14H2,1H3,(H,21,24). The molecule has 1 amide bonds. The number of sulfonamides is 1. The molecule has 1 aromatic heterocycles. The van der Waals surface area contributed by atoms with Gasteiger partial charge >= 0.3 is 5.97 Å². The lowest BCUT2D eigenvalue weighted by molar-refractivity contribution is -0.121. The van der Waals surface area contributed by atoms with Crippen LogP contribution in [0.3, 0.4) is 0 Å². The topological polar surface area (TPSA) is 115 Å². The summed E-state index contributed by atoms with van der Waals surface area (Å²) in [5.41, 5.74) is 0.692. The van der Waals surface area contributed by atoms with E-state index < -0.39 is 27.5 Å². The SMILES string of the molecule is COC(=O)c1ccc(CNC(=O)Cn2cc(S(=O)(=O)N3CCCC3)ccc2=O)cc1. The number of ether oxygens (including phenoxy) is 1. The quantitative estimate of drug-likeness (QED) is 0.644. The molecule has 0 radical (unpaired) electrons. The molecule has 0 aliphatic carbocycles. The van der Waals surface area contributed by atoms with Crippen molar-refractivity contribution in [2.45, 2.75) is 30.8 Å². The third-order valence-corrected chi connectivity index (χ3v) is 6.72. The van der Waals surface area contributed by atoms with E-state index in [1.165, 1.54) is 23.7 Å². The number of methoxy groups -OCH3 is 1. The van der Waals surface area contributed by atoms with Crippen LogP contribution in [0.5, 0.6) is 0 Å². The highest BCUT2D eigenvalue weighted by Crippen LogP contribution is 2.19. The van der Waals surface area contributed by atoms with Gasteiger partial charge in [0.15, 0.2) is 0 Å². The van der Waals surface area contributed by atoms with E-state index in [4.69, 9.17) is 0 Å². The van der Waals surface area contributed by atoms with Crippen molar-refractivity contribution in [2.24, 2.45) is 0 Å². The molecule has 10 heteroatoms. The van der Waals surface area contributed by atoms with Gasteiger partial charge in [0.05, 0.1) is 17.6 Å². The monoisotopic (exact) mass is 433 g/mol. The average molecular weight is 433 g/mol. The number of nitrogens with zero attached hydrogens (tertiary/aromatic N) is 2. The number of carbonyl (C=O) groups is 2. The molecule has 1 aromatic carbocycles. The van der Waals surface area contributed by atoms with E-state index in [1.54, 1.807) is 24.3 Å². The molecular formula is C20H23N3O6S. The van der Waals surface area contributed by atoms with E-state index in [0.717, 1.165) is 29.0 Å². The summed E-state index contributed by atoms with van der Waals surface area (Å²) in [4.78, 5) is 35.8. The summed E-state index contributed by atoms with van der Waals surface area (Å²) in [5, 5.41) is 2.68. The summed E-state index contributed by atoms with van der Waals surface area (Å²) >= 11 is 0. The van der Waals surface area contributed by atoms with Crippen LogP contribution in [0.25, 0.3) is 0 Å². The fourth-order valence-electron chi connectivity index (χ4n) is 3.15. The highest BCUT2D eigenvalue weighted by Gasteiger charge is 2.27. The molecule has 0 spiro atoms. The number of hydrogen-bond donors (Lipinski definition) is 1. The molecule has 0 bridgehead atoms. The molecule has 160 valence electrons. The number of pyridine rings is 1. The molecule has 1 N–H and O–H groups in total. The lowest BCUT2D eigenvalue weighted by Crippen LogP contribution is -2.33. The Hall–Kier alpha value is -2.98. The Morgan fingerprint density at radius 3 is 2.37 bits per heavy atom. The Morgan fingerprint density at radius 2 is 1.73 bits per heavy atom. The van der Waals surface area contributed by atoms with Crippen molar-refractivity contribution in [1.29, 1.82) is 0 Å². The van der Waals surface area contributed by atoms with Crippen LogP contribution in [0.1, 0.15) is 28.8 Å². The van der Waals surface area contributed by atoms with Gasteiger partial charge in [0.2, 0.25) is 15.9 Å². The second-order valence-electron chi connectivity index (χ2n) is 6.91. The van der Waals surface area contributed by atoms with Gasteiger partial charge in [-0.1, -0.05) is 12.1 Å². The maximum Gasteiger partial charge on any atom is 0.337 e. The number of amides is 1. The van der Waals surface area contributed by atoms with Gasteiger partial charge in [-0.2, -0.15) is 4.31 Å². The van der Waals surface area contributed by atoms with Crippen LogP contribution in [0.15, 0.2) is 52.3 Å². The fourth-order valence-corrected chi connectivity index (χ4v) is 4.69. The smallest absolute Gasteiger partial charge is 0.337 e. The van der Waals surface area contributed by atoms with Crippen LogP contribution in [-0.2, 0) is 32.6 Å². The zero-order valence-corrected chi connectivity index (χ0v) is 17.4. The van der Waals surface area contributed by atoms with Gasteiger partial charge in [-0.25, -0.2) is 13.2 Å². The Kier molecular flexibility index (Phi) is 6.68.